The van der Waals surface area contributed by atoms with Crippen molar-refractivity contribution < 1.29 is 62.4 Å². The minimum atomic E-state index is -4.59. The molecule has 0 aromatic heterocycles. The second-order valence-electron chi connectivity index (χ2n) is 11.2. The Morgan fingerprint density at radius 1 is 0.811 bits per heavy atom. The average Bonchev–Trinajstić information content (AvgIpc) is 3.11. The third-order valence-electron chi connectivity index (χ3n) is 7.67. The van der Waals surface area contributed by atoms with E-state index >= 15 is 0 Å². The van der Waals surface area contributed by atoms with Crippen LogP contribution < -0.4 is 11.1 Å². The van der Waals surface area contributed by atoms with Gasteiger partial charge in [0.1, 0.15) is 16.9 Å². The molecule has 2 atom stereocenters. The van der Waals surface area contributed by atoms with E-state index in [0.717, 1.165) is 25.0 Å². The van der Waals surface area contributed by atoms with Crippen molar-refractivity contribution in [1.29, 1.82) is 0 Å². The molecule has 14 nitrogen and oxygen atoms in total. The van der Waals surface area contributed by atoms with Crippen molar-refractivity contribution >= 4 is 69.4 Å². The van der Waals surface area contributed by atoms with Crippen molar-refractivity contribution in [2.45, 2.75) is 31.9 Å². The average molecular weight is 759 g/mol. The lowest BCUT2D eigenvalue weighted by Crippen LogP contribution is -2.39. The number of phenols is 1. The molecule has 0 unspecified atom stereocenters. The van der Waals surface area contributed by atoms with Crippen LogP contribution >= 0.6 is 11.6 Å². The molecule has 278 valence electrons. The first-order chi connectivity index (χ1) is 24.9. The van der Waals surface area contributed by atoms with E-state index in [-0.39, 0.29) is 28.1 Å². The Balaban J connectivity index is 0.000000247. The van der Waals surface area contributed by atoms with E-state index in [9.17, 15) is 52.2 Å². The summed E-state index contributed by atoms with van der Waals surface area (Å²) < 4.78 is 38.6. The number of imide groups is 1. The molecule has 1 saturated carbocycles. The maximum Gasteiger partial charge on any atom is 0.416 e. The summed E-state index contributed by atoms with van der Waals surface area (Å²) in [5, 5.41) is 46.0. The van der Waals surface area contributed by atoms with Gasteiger partial charge in [-0.3, -0.25) is 19.7 Å². The fourth-order valence-electron chi connectivity index (χ4n) is 5.17. The quantitative estimate of drug-likeness (QED) is 0.0648. The molecule has 4 aromatic carbocycles. The number of primary amides is 1. The summed E-state index contributed by atoms with van der Waals surface area (Å²) in [5.41, 5.74) is 3.21. The number of carboxylic acids is 3. The van der Waals surface area contributed by atoms with Crippen LogP contribution in [0.3, 0.4) is 0 Å². The predicted molar refractivity (Wildman–Crippen MR) is 182 cm³/mol. The normalized spacial score (nSPS) is 15.2. The van der Waals surface area contributed by atoms with E-state index in [1.807, 2.05) is 18.2 Å². The van der Waals surface area contributed by atoms with Crippen LogP contribution in [-0.2, 0) is 20.6 Å². The number of ketones is 1. The fourth-order valence-corrected chi connectivity index (χ4v) is 5.33. The van der Waals surface area contributed by atoms with E-state index in [1.54, 1.807) is 36.4 Å². The molecule has 1 fully saturated rings. The van der Waals surface area contributed by atoms with Crippen molar-refractivity contribution in [2.24, 2.45) is 27.8 Å². The summed E-state index contributed by atoms with van der Waals surface area (Å²) in [6, 6.07) is 18.1. The first-order valence-corrected chi connectivity index (χ1v) is 15.7. The molecule has 0 bridgehead atoms. The molecular weight excluding hydrogens is 729 g/mol. The monoisotopic (exact) mass is 758 g/mol. The van der Waals surface area contributed by atoms with Gasteiger partial charge in [0.25, 0.3) is 0 Å². The lowest BCUT2D eigenvalue weighted by molar-refractivity contribution is -0.149. The van der Waals surface area contributed by atoms with Gasteiger partial charge in [-0.15, -0.1) is 10.2 Å². The van der Waals surface area contributed by atoms with Crippen LogP contribution in [0.15, 0.2) is 89.1 Å². The number of carbonyl (C=O) groups excluding carboxylic acids is 3. The first kappa shape index (κ1) is 41.1. The number of aromatic hydroxyl groups is 1. The van der Waals surface area contributed by atoms with Crippen molar-refractivity contribution in [3.8, 4) is 5.75 Å². The molecular formula is C35H30ClF3N4O10. The van der Waals surface area contributed by atoms with E-state index in [1.165, 1.54) is 11.4 Å². The number of amides is 3. The van der Waals surface area contributed by atoms with Gasteiger partial charge in [0.2, 0.25) is 0 Å². The smallest absolute Gasteiger partial charge is 0.416 e. The van der Waals surface area contributed by atoms with Crippen LogP contribution in [0.4, 0.5) is 29.3 Å². The second-order valence-corrected chi connectivity index (χ2v) is 11.6. The van der Waals surface area contributed by atoms with Gasteiger partial charge in [-0.05, 0) is 42.5 Å². The molecule has 18 heteroatoms. The number of Topliss-reactive ketones (excluding diaryl/α,β-unsaturated/α-hetero) is 1. The zero-order valence-electron chi connectivity index (χ0n) is 27.2. The Kier molecular flexibility index (Phi) is 14.1. The minimum absolute atomic E-state index is 0.0160. The minimum Gasteiger partial charge on any atom is -0.505 e. The Bertz CT molecular complexity index is 2060. The van der Waals surface area contributed by atoms with E-state index in [2.05, 4.69) is 16.0 Å². The van der Waals surface area contributed by atoms with Crippen molar-refractivity contribution in [3.05, 3.63) is 101 Å². The number of rotatable bonds is 6. The zero-order chi connectivity index (χ0) is 39.5. The molecule has 1 aliphatic rings. The molecule has 3 amide bonds. The molecule has 7 N–H and O–H groups in total. The Morgan fingerprint density at radius 3 is 1.96 bits per heavy atom. The van der Waals surface area contributed by atoms with E-state index in [0.29, 0.717) is 35.2 Å². The van der Waals surface area contributed by atoms with Crippen molar-refractivity contribution in [2.75, 3.05) is 0 Å². The number of nitrogens with zero attached hydrogens (tertiary/aromatic N) is 2. The van der Waals surface area contributed by atoms with Crippen LogP contribution in [0, 0.1) is 11.8 Å². The van der Waals surface area contributed by atoms with Gasteiger partial charge in [0.15, 0.2) is 11.5 Å². The number of carbonyl (C=O) groups is 6. The van der Waals surface area contributed by atoms with Crippen LogP contribution in [0.5, 0.6) is 5.75 Å². The maximum absolute atomic E-state index is 12.9. The standard InChI is InChI=1S/C18H10ClF3N2O3.C14H16O3.C3H4N2O4/c19-13-6-5-10(18(20,21)22)8-14(13)23-24-15-11-4-2-1-3-9(11)7-12(16(15)25)17(26)27;15-13(10-6-2-1-3-7-10)11-8-4-5-9-12(11)14(16)17;4-3(9)5-1(6)2(7)8/h1-8,25H,(H,26,27);1-3,6-7,11-12H,4-5,8-9H2,(H,16,17);(H,7,8)(H3,4,5,6,9)/t;11-,12+;/m.0./s1. The summed E-state index contributed by atoms with van der Waals surface area (Å²) in [6.07, 6.45) is -1.40. The van der Waals surface area contributed by atoms with Gasteiger partial charge in [0.05, 0.1) is 16.5 Å². The largest absolute Gasteiger partial charge is 0.505 e. The van der Waals surface area contributed by atoms with Gasteiger partial charge in [-0.25, -0.2) is 14.4 Å². The number of halogens is 4. The number of aromatic carboxylic acids is 1. The molecule has 53 heavy (non-hydrogen) atoms. The lowest BCUT2D eigenvalue weighted by atomic mass is 9.75. The highest BCUT2D eigenvalue weighted by Crippen LogP contribution is 2.41. The third-order valence-corrected chi connectivity index (χ3v) is 7.99. The Hall–Kier alpha value is -6.36. The SMILES string of the molecule is NC(=O)NC(=O)C(=O)O.O=C(O)c1cc2ccccc2c(N=Nc2cc(C(F)(F)F)ccc2Cl)c1O.O=C(c1ccccc1)[C@H]1CCCC[C@H]1C(=O)O. The van der Waals surface area contributed by atoms with E-state index < -0.39 is 58.8 Å². The second kappa shape index (κ2) is 18.2. The van der Waals surface area contributed by atoms with Crippen molar-refractivity contribution in [3.63, 3.8) is 0 Å². The predicted octanol–water partition coefficient (Wildman–Crippen LogP) is 7.36. The Labute approximate surface area is 302 Å². The molecule has 0 spiro atoms. The van der Waals surface area contributed by atoms with Crippen LogP contribution in [0.1, 0.15) is 52.0 Å². The molecule has 5 rings (SSSR count). The lowest BCUT2D eigenvalue weighted by Gasteiger charge is -2.27. The Morgan fingerprint density at radius 2 is 1.42 bits per heavy atom. The number of urea groups is 1. The zero-order valence-corrected chi connectivity index (χ0v) is 28.0. The third kappa shape index (κ3) is 11.3. The molecule has 0 radical (unpaired) electrons. The number of aliphatic carboxylic acids is 2. The topological polar surface area (TPSA) is 246 Å². The summed E-state index contributed by atoms with van der Waals surface area (Å²) in [6.45, 7) is 0. The number of nitrogens with one attached hydrogen (secondary N) is 1. The molecule has 4 aromatic rings. The molecule has 1 aliphatic carbocycles. The summed E-state index contributed by atoms with van der Waals surface area (Å²) in [7, 11) is 0. The van der Waals surface area contributed by atoms with Gasteiger partial charge < -0.3 is 26.2 Å². The fraction of sp³-hybridized carbons (Fsp3) is 0.200. The number of nitrogens with two attached hydrogens (primary N) is 1. The number of alkyl halides is 3. The van der Waals surface area contributed by atoms with Gasteiger partial charge >= 0.3 is 36.0 Å². The van der Waals surface area contributed by atoms with Crippen molar-refractivity contribution in [1.82, 2.24) is 5.32 Å². The summed E-state index contributed by atoms with van der Waals surface area (Å²) >= 11 is 5.87. The van der Waals surface area contributed by atoms with Gasteiger partial charge in [-0.1, -0.05) is 79.0 Å². The number of azo groups is 1. The maximum atomic E-state index is 12.9. The van der Waals surface area contributed by atoms with Crippen LogP contribution in [0.25, 0.3) is 10.8 Å². The number of hydrogen-bond acceptors (Lipinski definition) is 9. The highest BCUT2D eigenvalue weighted by molar-refractivity contribution is 6.34. The number of benzene rings is 4. The summed E-state index contributed by atoms with van der Waals surface area (Å²) in [5.74, 6) is -6.90. The van der Waals surface area contributed by atoms with Gasteiger partial charge in [-0.2, -0.15) is 13.2 Å². The first-order valence-electron chi connectivity index (χ1n) is 15.3. The molecule has 0 heterocycles. The van der Waals surface area contributed by atoms with Crippen LogP contribution in [-0.4, -0.2) is 56.1 Å². The highest BCUT2D eigenvalue weighted by atomic mass is 35.5. The van der Waals surface area contributed by atoms with Crippen LogP contribution in [0.2, 0.25) is 5.02 Å². The number of fused-ring (bicyclic) bond motifs is 1. The number of hydrogen-bond donors (Lipinski definition) is 6. The molecule has 0 saturated heterocycles. The summed E-state index contributed by atoms with van der Waals surface area (Å²) in [4.78, 5) is 64.0. The van der Waals surface area contributed by atoms with E-state index in [4.69, 9.17) is 21.8 Å². The number of carboxylic acid groups (broad SMARTS) is 3. The molecule has 0 aliphatic heterocycles. The van der Waals surface area contributed by atoms with Gasteiger partial charge in [0, 0.05) is 16.9 Å². The highest BCUT2D eigenvalue weighted by Gasteiger charge is 2.36.